The van der Waals surface area contributed by atoms with Crippen LogP contribution in [0.15, 0.2) is 36.4 Å². The minimum atomic E-state index is -0.311. The molecule has 0 amide bonds. The zero-order valence-corrected chi connectivity index (χ0v) is 17.1. The van der Waals surface area contributed by atoms with Crippen molar-refractivity contribution in [3.05, 3.63) is 42.0 Å². The van der Waals surface area contributed by atoms with Gasteiger partial charge in [0.1, 0.15) is 5.75 Å². The molecule has 0 heterocycles. The van der Waals surface area contributed by atoms with E-state index in [1.165, 1.54) is 82.8 Å². The molecule has 0 atom stereocenters. The Kier molecular flexibility index (Phi) is 14.1. The predicted molar refractivity (Wildman–Crippen MR) is 113 cm³/mol. The van der Waals surface area contributed by atoms with Gasteiger partial charge >= 0.3 is 5.97 Å². The SMILES string of the molecule is CCCCC/C=C/CCCCCCCCCCOC(=O)c1ccc(O)cc1. The highest BCUT2D eigenvalue weighted by Gasteiger charge is 2.06. The minimum Gasteiger partial charge on any atom is -0.508 e. The first-order chi connectivity index (χ1) is 13.2. The molecule has 0 aliphatic rings. The summed E-state index contributed by atoms with van der Waals surface area (Å²) < 4.78 is 5.25. The minimum absolute atomic E-state index is 0.158. The lowest BCUT2D eigenvalue weighted by molar-refractivity contribution is 0.0497. The van der Waals surface area contributed by atoms with Crippen molar-refractivity contribution in [3.63, 3.8) is 0 Å². The van der Waals surface area contributed by atoms with Crippen LogP contribution in [0.5, 0.6) is 5.75 Å². The molecule has 0 aromatic heterocycles. The molecule has 1 N–H and O–H groups in total. The van der Waals surface area contributed by atoms with Crippen molar-refractivity contribution in [2.75, 3.05) is 6.61 Å². The maximum atomic E-state index is 11.8. The zero-order valence-electron chi connectivity index (χ0n) is 17.1. The van der Waals surface area contributed by atoms with E-state index in [1.54, 1.807) is 12.1 Å². The third-order valence-corrected chi connectivity index (χ3v) is 4.74. The van der Waals surface area contributed by atoms with Crippen LogP contribution >= 0.6 is 0 Å². The van der Waals surface area contributed by atoms with Gasteiger partial charge in [-0.05, 0) is 56.4 Å². The first-order valence-corrected chi connectivity index (χ1v) is 10.8. The molecule has 0 spiro atoms. The molecule has 0 unspecified atom stereocenters. The smallest absolute Gasteiger partial charge is 0.338 e. The van der Waals surface area contributed by atoms with E-state index in [-0.39, 0.29) is 11.7 Å². The van der Waals surface area contributed by atoms with Gasteiger partial charge in [-0.25, -0.2) is 4.79 Å². The summed E-state index contributed by atoms with van der Waals surface area (Å²) >= 11 is 0. The Morgan fingerprint density at radius 1 is 0.815 bits per heavy atom. The number of carbonyl (C=O) groups excluding carboxylic acids is 1. The number of unbranched alkanes of at least 4 members (excludes halogenated alkanes) is 11. The third kappa shape index (κ3) is 13.1. The number of phenolic OH excluding ortho intramolecular Hbond substituents is 1. The Hall–Kier alpha value is -1.77. The van der Waals surface area contributed by atoms with Gasteiger partial charge in [0.2, 0.25) is 0 Å². The largest absolute Gasteiger partial charge is 0.508 e. The maximum absolute atomic E-state index is 11.8. The van der Waals surface area contributed by atoms with Crippen LogP contribution in [0.2, 0.25) is 0 Å². The van der Waals surface area contributed by atoms with Gasteiger partial charge in [0.05, 0.1) is 12.2 Å². The molecule has 0 fully saturated rings. The predicted octanol–water partition coefficient (Wildman–Crippen LogP) is 7.20. The molecule has 0 saturated heterocycles. The Labute approximate surface area is 165 Å². The molecule has 1 rings (SSSR count). The van der Waals surface area contributed by atoms with E-state index < -0.39 is 0 Å². The normalized spacial score (nSPS) is 11.1. The number of rotatable bonds is 16. The molecule has 0 bridgehead atoms. The summed E-state index contributed by atoms with van der Waals surface area (Å²) in [5.41, 5.74) is 0.489. The number of allylic oxidation sites excluding steroid dienone is 2. The number of esters is 1. The van der Waals surface area contributed by atoms with Gasteiger partial charge in [0, 0.05) is 0 Å². The van der Waals surface area contributed by atoms with Crippen molar-refractivity contribution in [2.24, 2.45) is 0 Å². The highest BCUT2D eigenvalue weighted by molar-refractivity contribution is 5.89. The topological polar surface area (TPSA) is 46.5 Å². The summed E-state index contributed by atoms with van der Waals surface area (Å²) in [6, 6.07) is 6.17. The third-order valence-electron chi connectivity index (χ3n) is 4.74. The second-order valence-corrected chi connectivity index (χ2v) is 7.27. The molecule has 0 aliphatic heterocycles. The second-order valence-electron chi connectivity index (χ2n) is 7.27. The summed E-state index contributed by atoms with van der Waals surface area (Å²) in [5, 5.41) is 9.21. The summed E-state index contributed by atoms with van der Waals surface area (Å²) in [6.45, 7) is 2.72. The molecule has 152 valence electrons. The Balaban J connectivity index is 1.84. The average molecular weight is 375 g/mol. The van der Waals surface area contributed by atoms with Gasteiger partial charge in [-0.3, -0.25) is 0 Å². The van der Waals surface area contributed by atoms with Crippen LogP contribution in [0.1, 0.15) is 101 Å². The van der Waals surface area contributed by atoms with Crippen LogP contribution in [0.25, 0.3) is 0 Å². The summed E-state index contributed by atoms with van der Waals surface area (Å²) in [7, 11) is 0. The van der Waals surface area contributed by atoms with Crippen LogP contribution < -0.4 is 0 Å². The van der Waals surface area contributed by atoms with Crippen LogP contribution in [-0.4, -0.2) is 17.7 Å². The van der Waals surface area contributed by atoms with E-state index in [2.05, 4.69) is 19.1 Å². The van der Waals surface area contributed by atoms with Gasteiger partial charge in [-0.1, -0.05) is 70.4 Å². The maximum Gasteiger partial charge on any atom is 0.338 e. The van der Waals surface area contributed by atoms with Crippen molar-refractivity contribution in [3.8, 4) is 5.75 Å². The van der Waals surface area contributed by atoms with Gasteiger partial charge in [-0.15, -0.1) is 0 Å². The first-order valence-electron chi connectivity index (χ1n) is 10.8. The van der Waals surface area contributed by atoms with Crippen LogP contribution in [-0.2, 0) is 4.74 Å². The second kappa shape index (κ2) is 16.4. The van der Waals surface area contributed by atoms with E-state index in [0.717, 1.165) is 12.8 Å². The zero-order chi connectivity index (χ0) is 19.6. The number of benzene rings is 1. The highest BCUT2D eigenvalue weighted by Crippen LogP contribution is 2.12. The molecule has 1 aromatic rings. The number of hydrogen-bond donors (Lipinski definition) is 1. The van der Waals surface area contributed by atoms with E-state index >= 15 is 0 Å². The molecule has 0 radical (unpaired) electrons. The Morgan fingerprint density at radius 3 is 1.93 bits per heavy atom. The molecule has 0 aliphatic carbocycles. The van der Waals surface area contributed by atoms with E-state index in [1.807, 2.05) is 0 Å². The van der Waals surface area contributed by atoms with Crippen molar-refractivity contribution >= 4 is 5.97 Å². The van der Waals surface area contributed by atoms with Crippen LogP contribution in [0.4, 0.5) is 0 Å². The van der Waals surface area contributed by atoms with Crippen LogP contribution in [0, 0.1) is 0 Å². The number of hydrogen-bond acceptors (Lipinski definition) is 3. The van der Waals surface area contributed by atoms with Crippen LogP contribution in [0.3, 0.4) is 0 Å². The fourth-order valence-corrected chi connectivity index (χ4v) is 3.02. The number of phenols is 1. The molecule has 27 heavy (non-hydrogen) atoms. The van der Waals surface area contributed by atoms with Crippen molar-refractivity contribution in [1.82, 2.24) is 0 Å². The molecular formula is C24H38O3. The van der Waals surface area contributed by atoms with E-state index in [9.17, 15) is 9.90 Å². The Morgan fingerprint density at radius 2 is 1.33 bits per heavy atom. The van der Waals surface area contributed by atoms with Gasteiger partial charge in [0.15, 0.2) is 0 Å². The van der Waals surface area contributed by atoms with Crippen molar-refractivity contribution < 1.29 is 14.6 Å². The summed E-state index contributed by atoms with van der Waals surface area (Å²) in [4.78, 5) is 11.8. The van der Waals surface area contributed by atoms with Gasteiger partial charge in [0.25, 0.3) is 0 Å². The number of ether oxygens (including phenoxy) is 1. The molecule has 3 nitrogen and oxygen atoms in total. The van der Waals surface area contributed by atoms with Crippen molar-refractivity contribution in [1.29, 1.82) is 0 Å². The molecule has 1 aromatic carbocycles. The van der Waals surface area contributed by atoms with E-state index in [4.69, 9.17) is 4.74 Å². The monoisotopic (exact) mass is 374 g/mol. The van der Waals surface area contributed by atoms with Gasteiger partial charge in [-0.2, -0.15) is 0 Å². The van der Waals surface area contributed by atoms with Crippen molar-refractivity contribution in [2.45, 2.75) is 90.4 Å². The fourth-order valence-electron chi connectivity index (χ4n) is 3.02. The Bertz CT molecular complexity index is 505. The fraction of sp³-hybridized carbons (Fsp3) is 0.625. The lowest BCUT2D eigenvalue weighted by Gasteiger charge is -2.05. The lowest BCUT2D eigenvalue weighted by atomic mass is 10.1. The number of aromatic hydroxyl groups is 1. The molecule has 0 saturated carbocycles. The summed E-state index contributed by atoms with van der Waals surface area (Å²) in [5.74, 6) is -0.153. The van der Waals surface area contributed by atoms with E-state index in [0.29, 0.717) is 12.2 Å². The lowest BCUT2D eigenvalue weighted by Crippen LogP contribution is -2.06. The van der Waals surface area contributed by atoms with Gasteiger partial charge < -0.3 is 9.84 Å². The summed E-state index contributed by atoms with van der Waals surface area (Å²) in [6.07, 6.45) is 21.0. The quantitative estimate of drug-likeness (QED) is 0.189. The molecular weight excluding hydrogens is 336 g/mol. The number of carbonyl (C=O) groups is 1. The first kappa shape index (κ1) is 23.3. The standard InChI is InChI=1S/C24H38O3/c1-2-3-4-5-6-7-8-9-10-11-12-13-14-15-16-21-27-24(26)22-17-19-23(25)20-18-22/h6-7,17-20,25H,2-5,8-16,21H2,1H3/b7-6+. The average Bonchev–Trinajstić information content (AvgIpc) is 2.68. The highest BCUT2D eigenvalue weighted by atomic mass is 16.5. The molecule has 3 heteroatoms.